The van der Waals surface area contributed by atoms with Gasteiger partial charge in [0.2, 0.25) is 11.8 Å². The molecule has 0 saturated carbocycles. The van der Waals surface area contributed by atoms with Gasteiger partial charge in [0.15, 0.2) is 0 Å². The summed E-state index contributed by atoms with van der Waals surface area (Å²) in [6.07, 6.45) is 0. The molecule has 0 aliphatic rings. The molecular formula is C17H12F2N4O3S2. The molecule has 0 aliphatic heterocycles. The average Bonchev–Trinajstić information content (AvgIpc) is 3.43. The van der Waals surface area contributed by atoms with Gasteiger partial charge in [-0.1, -0.05) is 17.8 Å². The second-order valence-electron chi connectivity index (χ2n) is 5.46. The quantitative estimate of drug-likeness (QED) is 0.371. The van der Waals surface area contributed by atoms with Gasteiger partial charge in [-0.3, -0.25) is 0 Å². The van der Waals surface area contributed by atoms with Gasteiger partial charge in [0.1, 0.15) is 5.75 Å². The largest absolute Gasteiger partial charge is 0.435 e. The van der Waals surface area contributed by atoms with Crippen LogP contribution < -0.4 is 4.74 Å². The maximum absolute atomic E-state index is 12.2. The molecule has 0 aliphatic carbocycles. The fourth-order valence-corrected chi connectivity index (χ4v) is 3.61. The summed E-state index contributed by atoms with van der Waals surface area (Å²) < 4.78 is 40.1. The predicted octanol–water partition coefficient (Wildman–Crippen LogP) is 5.30. The molecule has 3 aromatic heterocycles. The molecule has 144 valence electrons. The van der Waals surface area contributed by atoms with Crippen LogP contribution in [-0.2, 0) is 0 Å². The van der Waals surface area contributed by atoms with Gasteiger partial charge in [-0.05, 0) is 42.6 Å². The van der Waals surface area contributed by atoms with Crippen molar-refractivity contribution in [2.45, 2.75) is 24.0 Å². The zero-order chi connectivity index (χ0) is 19.5. The van der Waals surface area contributed by atoms with Gasteiger partial charge in [-0.25, -0.2) is 0 Å². The number of thiophene rings is 1. The zero-order valence-electron chi connectivity index (χ0n) is 14.3. The molecular weight excluding hydrogens is 410 g/mol. The van der Waals surface area contributed by atoms with Gasteiger partial charge in [-0.15, -0.1) is 31.7 Å². The molecule has 4 aromatic rings. The van der Waals surface area contributed by atoms with Crippen molar-refractivity contribution in [2.24, 2.45) is 0 Å². The Balaban J connectivity index is 1.43. The Labute approximate surface area is 165 Å². The molecule has 7 nitrogen and oxygen atoms in total. The first kappa shape index (κ1) is 18.6. The number of thioether (sulfide) groups is 1. The van der Waals surface area contributed by atoms with Gasteiger partial charge >= 0.3 is 6.61 Å². The van der Waals surface area contributed by atoms with E-state index in [-0.39, 0.29) is 16.9 Å². The smallest absolute Gasteiger partial charge is 0.387 e. The first-order chi connectivity index (χ1) is 13.6. The van der Waals surface area contributed by atoms with Crippen molar-refractivity contribution in [3.8, 4) is 28.0 Å². The highest BCUT2D eigenvalue weighted by atomic mass is 32.2. The Kier molecular flexibility index (Phi) is 5.35. The average molecular weight is 422 g/mol. The van der Waals surface area contributed by atoms with Crippen molar-refractivity contribution in [1.82, 2.24) is 20.4 Å². The lowest BCUT2D eigenvalue weighted by molar-refractivity contribution is -0.0498. The molecule has 0 N–H and O–H groups in total. The highest BCUT2D eigenvalue weighted by molar-refractivity contribution is 7.99. The molecule has 28 heavy (non-hydrogen) atoms. The summed E-state index contributed by atoms with van der Waals surface area (Å²) in [5, 5.41) is 18.2. The van der Waals surface area contributed by atoms with E-state index < -0.39 is 6.61 Å². The maximum Gasteiger partial charge on any atom is 0.387 e. The Morgan fingerprint density at radius 3 is 2.50 bits per heavy atom. The summed E-state index contributed by atoms with van der Waals surface area (Å²) in [5.41, 5.74) is 0.589. The molecule has 0 saturated heterocycles. The summed E-state index contributed by atoms with van der Waals surface area (Å²) in [6, 6.07) is 9.76. The maximum atomic E-state index is 12.2. The van der Waals surface area contributed by atoms with E-state index in [1.54, 1.807) is 12.1 Å². The lowest BCUT2D eigenvalue weighted by Crippen LogP contribution is -2.01. The zero-order valence-corrected chi connectivity index (χ0v) is 15.9. The molecule has 4 rings (SSSR count). The van der Waals surface area contributed by atoms with E-state index in [4.69, 9.17) is 8.83 Å². The fraction of sp³-hybridized carbons (Fsp3) is 0.176. The number of ether oxygens (including phenoxy) is 1. The predicted molar refractivity (Wildman–Crippen MR) is 98.2 cm³/mol. The Hall–Kier alpha value is -2.79. The monoisotopic (exact) mass is 422 g/mol. The number of aromatic nitrogens is 4. The Bertz CT molecular complexity index is 1040. The van der Waals surface area contributed by atoms with Crippen molar-refractivity contribution in [2.75, 3.05) is 0 Å². The van der Waals surface area contributed by atoms with Gasteiger partial charge in [0, 0.05) is 5.56 Å². The molecule has 1 aromatic carbocycles. The van der Waals surface area contributed by atoms with Crippen molar-refractivity contribution in [3.05, 3.63) is 47.7 Å². The van der Waals surface area contributed by atoms with E-state index >= 15 is 0 Å². The van der Waals surface area contributed by atoms with Crippen LogP contribution in [0.15, 0.2) is 55.8 Å². The number of rotatable bonds is 7. The Morgan fingerprint density at radius 2 is 1.79 bits per heavy atom. The minimum atomic E-state index is -2.87. The van der Waals surface area contributed by atoms with Crippen molar-refractivity contribution in [1.29, 1.82) is 0 Å². The first-order valence-electron chi connectivity index (χ1n) is 8.01. The fourth-order valence-electron chi connectivity index (χ4n) is 2.25. The van der Waals surface area contributed by atoms with Crippen LogP contribution in [0.2, 0.25) is 0 Å². The molecule has 0 bridgehead atoms. The van der Waals surface area contributed by atoms with Gasteiger partial charge < -0.3 is 13.6 Å². The van der Waals surface area contributed by atoms with E-state index in [1.807, 2.05) is 24.4 Å². The second kappa shape index (κ2) is 8.07. The van der Waals surface area contributed by atoms with Gasteiger partial charge in [0.25, 0.3) is 11.1 Å². The van der Waals surface area contributed by atoms with Crippen LogP contribution in [-0.4, -0.2) is 27.0 Å². The van der Waals surface area contributed by atoms with Crippen LogP contribution >= 0.6 is 23.1 Å². The second-order valence-corrected chi connectivity index (χ2v) is 7.70. The summed E-state index contributed by atoms with van der Waals surface area (Å²) >= 11 is 2.79. The summed E-state index contributed by atoms with van der Waals surface area (Å²) in [6.45, 7) is -0.986. The molecule has 0 spiro atoms. The van der Waals surface area contributed by atoms with Crippen LogP contribution in [0.5, 0.6) is 5.75 Å². The molecule has 0 amide bonds. The number of hydrogen-bond donors (Lipinski definition) is 0. The number of nitrogens with zero attached hydrogens (tertiary/aromatic N) is 4. The van der Waals surface area contributed by atoms with E-state index in [1.165, 1.54) is 35.2 Å². The molecule has 1 atom stereocenters. The van der Waals surface area contributed by atoms with Crippen LogP contribution in [0, 0.1) is 0 Å². The van der Waals surface area contributed by atoms with Crippen LogP contribution in [0.3, 0.4) is 0 Å². The minimum absolute atomic E-state index is 0.0550. The highest BCUT2D eigenvalue weighted by Gasteiger charge is 2.20. The van der Waals surface area contributed by atoms with Gasteiger partial charge in [-0.2, -0.15) is 8.78 Å². The standard InChI is InChI=1S/C17H12F2N4O3S2/c1-9(13-20-22-15(25-13)12-3-2-8-27-12)28-17-23-21-14(26-17)10-4-6-11(7-5-10)24-16(18)19/h2-9,16H,1H3. The first-order valence-corrected chi connectivity index (χ1v) is 9.77. The third kappa shape index (κ3) is 4.20. The summed E-state index contributed by atoms with van der Waals surface area (Å²) in [5.74, 6) is 1.24. The number of alkyl halides is 2. The molecule has 11 heteroatoms. The summed E-state index contributed by atoms with van der Waals surface area (Å²) in [4.78, 5) is 0.898. The van der Waals surface area contributed by atoms with Crippen molar-refractivity contribution >= 4 is 23.1 Å². The Morgan fingerprint density at radius 1 is 1.00 bits per heavy atom. The SMILES string of the molecule is CC(Sc1nnc(-c2ccc(OC(F)F)cc2)o1)c1nnc(-c2cccs2)o1. The van der Waals surface area contributed by atoms with Crippen molar-refractivity contribution < 1.29 is 22.4 Å². The van der Waals surface area contributed by atoms with Crippen LogP contribution in [0.4, 0.5) is 8.78 Å². The molecule has 0 fully saturated rings. The third-order valence-electron chi connectivity index (χ3n) is 3.53. The molecule has 3 heterocycles. The van der Waals surface area contributed by atoms with Crippen molar-refractivity contribution in [3.63, 3.8) is 0 Å². The normalized spacial score (nSPS) is 12.4. The topological polar surface area (TPSA) is 87.1 Å². The van der Waals surface area contributed by atoms with E-state index in [9.17, 15) is 8.78 Å². The lowest BCUT2D eigenvalue weighted by atomic mass is 10.2. The van der Waals surface area contributed by atoms with Crippen LogP contribution in [0.25, 0.3) is 22.2 Å². The highest BCUT2D eigenvalue weighted by Crippen LogP contribution is 2.36. The molecule has 0 radical (unpaired) electrons. The van der Waals surface area contributed by atoms with E-state index in [0.717, 1.165) is 4.88 Å². The van der Waals surface area contributed by atoms with Crippen LogP contribution in [0.1, 0.15) is 18.1 Å². The summed E-state index contributed by atoms with van der Waals surface area (Å²) in [7, 11) is 0. The number of hydrogen-bond acceptors (Lipinski definition) is 9. The minimum Gasteiger partial charge on any atom is -0.435 e. The molecule has 1 unspecified atom stereocenters. The van der Waals surface area contributed by atoms with E-state index in [2.05, 4.69) is 25.1 Å². The number of benzene rings is 1. The van der Waals surface area contributed by atoms with Gasteiger partial charge in [0.05, 0.1) is 10.1 Å². The lowest BCUT2D eigenvalue weighted by Gasteiger charge is -2.04. The van der Waals surface area contributed by atoms with E-state index in [0.29, 0.717) is 22.6 Å². The third-order valence-corrected chi connectivity index (χ3v) is 5.31. The number of halogens is 2.